The molecule has 0 fully saturated rings. The Balaban J connectivity index is 2.19. The number of carbonyl (C=O) groups excluding carboxylic acids is 1. The van der Waals surface area contributed by atoms with Crippen molar-refractivity contribution in [1.82, 2.24) is 0 Å². The smallest absolute Gasteiger partial charge is 0.331 e. The van der Waals surface area contributed by atoms with Gasteiger partial charge in [-0.2, -0.15) is 0 Å². The van der Waals surface area contributed by atoms with Crippen LogP contribution in [0.3, 0.4) is 0 Å². The highest BCUT2D eigenvalue weighted by Crippen LogP contribution is 2.16. The zero-order valence-corrected chi connectivity index (χ0v) is 18.1. The van der Waals surface area contributed by atoms with Crippen LogP contribution >= 0.6 is 0 Å². The predicted octanol–water partition coefficient (Wildman–Crippen LogP) is 7.40. The van der Waals surface area contributed by atoms with Crippen LogP contribution in [-0.4, -0.2) is 12.6 Å². The van der Waals surface area contributed by atoms with E-state index in [0.717, 1.165) is 50.5 Å². The van der Waals surface area contributed by atoms with Crippen LogP contribution in [0.25, 0.3) is 0 Å². The maximum atomic E-state index is 11.0. The summed E-state index contributed by atoms with van der Waals surface area (Å²) in [4.78, 5) is 11.0. The minimum atomic E-state index is -0.191. The van der Waals surface area contributed by atoms with Gasteiger partial charge in [-0.05, 0) is 91.6 Å². The van der Waals surface area contributed by atoms with Crippen LogP contribution in [0, 0.1) is 0 Å². The van der Waals surface area contributed by atoms with Gasteiger partial charge in [-0.25, -0.2) is 4.79 Å². The van der Waals surface area contributed by atoms with E-state index in [1.165, 1.54) is 28.7 Å². The molecule has 0 atom stereocenters. The second-order valence-electron chi connectivity index (χ2n) is 8.00. The van der Waals surface area contributed by atoms with Crippen molar-refractivity contribution in [2.75, 3.05) is 6.61 Å². The van der Waals surface area contributed by atoms with Crippen LogP contribution in [0.5, 0.6) is 0 Å². The molecule has 0 radical (unpaired) electrons. The van der Waals surface area contributed by atoms with Crippen LogP contribution in [0.2, 0.25) is 0 Å². The highest BCUT2D eigenvalue weighted by atomic mass is 16.5. The van der Waals surface area contributed by atoms with E-state index in [1.54, 1.807) is 6.08 Å². The number of esters is 1. The molecule has 0 amide bonds. The Morgan fingerprint density at radius 2 is 1.30 bits per heavy atom. The van der Waals surface area contributed by atoms with E-state index < -0.39 is 0 Å². The summed E-state index contributed by atoms with van der Waals surface area (Å²) < 4.78 is 4.92. The summed E-state index contributed by atoms with van der Waals surface area (Å²) >= 11 is 0. The molecule has 0 aromatic rings. The first-order valence-electron chi connectivity index (χ1n) is 10.3. The molecule has 0 saturated heterocycles. The summed E-state index contributed by atoms with van der Waals surface area (Å²) in [5.41, 5.74) is 6.95. The first-order chi connectivity index (χ1) is 12.9. The summed E-state index contributed by atoms with van der Waals surface area (Å²) in [5, 5.41) is 0. The third-order valence-corrected chi connectivity index (χ3v) is 4.83. The standard InChI is InChI=1S/C25H38O2/c1-20(2)10-6-11-21(3)12-7-13-22(4)14-8-15-23(5)16-9-17-24-18-25(26)27-19-24/h10,12,14,16,18H,6-9,11,13,15,17,19H2,1-5H3. The molecule has 0 aromatic carbocycles. The molecular formula is C25H38O2. The highest BCUT2D eigenvalue weighted by molar-refractivity contribution is 5.85. The Bertz CT molecular complexity index is 623. The first kappa shape index (κ1) is 23.2. The van der Waals surface area contributed by atoms with Crippen molar-refractivity contribution >= 4 is 5.97 Å². The Labute approximate surface area is 166 Å². The van der Waals surface area contributed by atoms with Crippen LogP contribution in [0.15, 0.2) is 58.2 Å². The number of carbonyl (C=O) groups is 1. The summed E-state index contributed by atoms with van der Waals surface area (Å²) in [6, 6.07) is 0. The van der Waals surface area contributed by atoms with Crippen LogP contribution in [0.1, 0.15) is 86.0 Å². The Kier molecular flexibility index (Phi) is 11.5. The Morgan fingerprint density at radius 1 is 0.815 bits per heavy atom. The van der Waals surface area contributed by atoms with E-state index in [-0.39, 0.29) is 5.97 Å². The maximum Gasteiger partial charge on any atom is 0.331 e. The fraction of sp³-hybridized carbons (Fsp3) is 0.560. The normalized spacial score (nSPS) is 15.7. The van der Waals surface area contributed by atoms with Crippen LogP contribution in [0.4, 0.5) is 0 Å². The number of ether oxygens (including phenoxy) is 1. The second kappa shape index (κ2) is 13.4. The van der Waals surface area contributed by atoms with Gasteiger partial charge in [0.2, 0.25) is 0 Å². The number of allylic oxidation sites excluding steroid dienone is 8. The molecule has 27 heavy (non-hydrogen) atoms. The van der Waals surface area contributed by atoms with E-state index in [2.05, 4.69) is 58.9 Å². The topological polar surface area (TPSA) is 26.3 Å². The van der Waals surface area contributed by atoms with Gasteiger partial charge in [0.15, 0.2) is 0 Å². The van der Waals surface area contributed by atoms with Gasteiger partial charge in [-0.3, -0.25) is 0 Å². The Morgan fingerprint density at radius 3 is 1.74 bits per heavy atom. The zero-order valence-electron chi connectivity index (χ0n) is 18.1. The molecule has 2 nitrogen and oxygen atoms in total. The van der Waals surface area contributed by atoms with Gasteiger partial charge in [-0.15, -0.1) is 0 Å². The molecule has 2 heteroatoms. The SMILES string of the molecule is CC(C)=CCCC(C)=CCCC(C)=CCCC(C)=CCCC1=CC(=O)OC1. The lowest BCUT2D eigenvalue weighted by Crippen LogP contribution is -1.91. The highest BCUT2D eigenvalue weighted by Gasteiger charge is 2.11. The molecule has 0 unspecified atom stereocenters. The summed E-state index contributed by atoms with van der Waals surface area (Å²) in [6.07, 6.45) is 19.8. The molecular weight excluding hydrogens is 332 g/mol. The lowest BCUT2D eigenvalue weighted by molar-refractivity contribution is -0.134. The number of hydrogen-bond acceptors (Lipinski definition) is 2. The fourth-order valence-electron chi connectivity index (χ4n) is 3.05. The van der Waals surface area contributed by atoms with Crippen molar-refractivity contribution in [2.24, 2.45) is 0 Å². The van der Waals surface area contributed by atoms with Gasteiger partial charge in [0.05, 0.1) is 0 Å². The van der Waals surface area contributed by atoms with E-state index in [1.807, 2.05) is 0 Å². The second-order valence-corrected chi connectivity index (χ2v) is 8.00. The number of rotatable bonds is 12. The molecule has 1 aliphatic heterocycles. The molecule has 0 spiro atoms. The van der Waals surface area contributed by atoms with E-state index in [4.69, 9.17) is 4.74 Å². The first-order valence-corrected chi connectivity index (χ1v) is 10.3. The van der Waals surface area contributed by atoms with E-state index in [0.29, 0.717) is 6.61 Å². The predicted molar refractivity (Wildman–Crippen MR) is 117 cm³/mol. The van der Waals surface area contributed by atoms with Crippen molar-refractivity contribution < 1.29 is 9.53 Å². The fourth-order valence-corrected chi connectivity index (χ4v) is 3.05. The van der Waals surface area contributed by atoms with Gasteiger partial charge in [0.1, 0.15) is 6.61 Å². The number of cyclic esters (lactones) is 1. The minimum absolute atomic E-state index is 0.191. The van der Waals surface area contributed by atoms with Gasteiger partial charge < -0.3 is 4.74 Å². The third-order valence-electron chi connectivity index (χ3n) is 4.83. The molecule has 1 aliphatic rings. The van der Waals surface area contributed by atoms with E-state index in [9.17, 15) is 4.79 Å². The average Bonchev–Trinajstić information content (AvgIpc) is 3.00. The van der Waals surface area contributed by atoms with E-state index >= 15 is 0 Å². The zero-order chi connectivity index (χ0) is 20.1. The van der Waals surface area contributed by atoms with Crippen molar-refractivity contribution in [2.45, 2.75) is 86.0 Å². The molecule has 150 valence electrons. The van der Waals surface area contributed by atoms with Crippen molar-refractivity contribution in [3.63, 3.8) is 0 Å². The lowest BCUT2D eigenvalue weighted by Gasteiger charge is -2.03. The molecule has 0 N–H and O–H groups in total. The summed E-state index contributed by atoms with van der Waals surface area (Å²) in [6.45, 7) is 11.5. The van der Waals surface area contributed by atoms with Gasteiger partial charge in [0.25, 0.3) is 0 Å². The molecule has 0 saturated carbocycles. The lowest BCUT2D eigenvalue weighted by atomic mass is 10.0. The van der Waals surface area contributed by atoms with Crippen molar-refractivity contribution in [1.29, 1.82) is 0 Å². The molecule has 0 aliphatic carbocycles. The molecule has 0 aromatic heterocycles. The average molecular weight is 371 g/mol. The van der Waals surface area contributed by atoms with Crippen molar-refractivity contribution in [3.05, 3.63) is 58.2 Å². The quantitative estimate of drug-likeness (QED) is 0.264. The minimum Gasteiger partial charge on any atom is -0.458 e. The molecule has 0 bridgehead atoms. The van der Waals surface area contributed by atoms with Gasteiger partial charge in [0, 0.05) is 6.08 Å². The van der Waals surface area contributed by atoms with Crippen LogP contribution in [-0.2, 0) is 9.53 Å². The maximum absolute atomic E-state index is 11.0. The van der Waals surface area contributed by atoms with Crippen molar-refractivity contribution in [3.8, 4) is 0 Å². The summed E-state index contributed by atoms with van der Waals surface area (Å²) in [7, 11) is 0. The Hall–Kier alpha value is -1.83. The molecule has 1 rings (SSSR count). The molecule has 1 heterocycles. The number of hydrogen-bond donors (Lipinski definition) is 0. The third kappa shape index (κ3) is 12.2. The summed E-state index contributed by atoms with van der Waals surface area (Å²) in [5.74, 6) is -0.191. The van der Waals surface area contributed by atoms with Gasteiger partial charge in [-0.1, -0.05) is 46.6 Å². The monoisotopic (exact) mass is 370 g/mol. The largest absolute Gasteiger partial charge is 0.458 e. The van der Waals surface area contributed by atoms with Crippen LogP contribution < -0.4 is 0 Å². The van der Waals surface area contributed by atoms with Gasteiger partial charge >= 0.3 is 5.97 Å².